The van der Waals surface area contributed by atoms with E-state index in [1.807, 2.05) is 0 Å². The monoisotopic (exact) mass is 237 g/mol. The Bertz CT molecular complexity index is 403. The number of carboxylic acid groups (broad SMARTS) is 1. The number of carbonyl (C=O) groups excluding carboxylic acids is 1. The van der Waals surface area contributed by atoms with Crippen LogP contribution in [0.4, 0.5) is 4.79 Å². The SMILES string of the molecule is NCC(Cc1ccc(C(N)=O)cc1)NC(=O)O. The first kappa shape index (κ1) is 13.0. The third kappa shape index (κ3) is 4.12. The molecule has 0 aliphatic carbocycles. The van der Waals surface area contributed by atoms with Gasteiger partial charge in [-0.2, -0.15) is 0 Å². The minimum Gasteiger partial charge on any atom is -0.465 e. The third-order valence-electron chi connectivity index (χ3n) is 2.33. The Balaban J connectivity index is 2.67. The molecule has 92 valence electrons. The van der Waals surface area contributed by atoms with Crippen LogP contribution in [-0.4, -0.2) is 29.7 Å². The highest BCUT2D eigenvalue weighted by atomic mass is 16.4. The summed E-state index contributed by atoms with van der Waals surface area (Å²) in [6.45, 7) is 0.212. The lowest BCUT2D eigenvalue weighted by molar-refractivity contribution is 0.1000. The second kappa shape index (κ2) is 5.86. The van der Waals surface area contributed by atoms with Gasteiger partial charge in [0, 0.05) is 18.2 Å². The van der Waals surface area contributed by atoms with Crippen molar-refractivity contribution in [1.29, 1.82) is 0 Å². The summed E-state index contributed by atoms with van der Waals surface area (Å²) >= 11 is 0. The number of nitrogens with one attached hydrogen (secondary N) is 1. The van der Waals surface area contributed by atoms with Crippen molar-refractivity contribution >= 4 is 12.0 Å². The van der Waals surface area contributed by atoms with Crippen molar-refractivity contribution in [3.8, 4) is 0 Å². The highest BCUT2D eigenvalue weighted by Gasteiger charge is 2.10. The van der Waals surface area contributed by atoms with Gasteiger partial charge in [0.05, 0.1) is 0 Å². The van der Waals surface area contributed by atoms with Crippen molar-refractivity contribution in [1.82, 2.24) is 5.32 Å². The minimum absolute atomic E-state index is 0.212. The molecule has 0 bridgehead atoms. The molecule has 1 aromatic carbocycles. The zero-order valence-corrected chi connectivity index (χ0v) is 9.22. The molecule has 0 saturated heterocycles. The first-order valence-electron chi connectivity index (χ1n) is 5.11. The van der Waals surface area contributed by atoms with Crippen LogP contribution in [0.3, 0.4) is 0 Å². The molecule has 0 aliphatic rings. The Morgan fingerprint density at radius 1 is 1.29 bits per heavy atom. The molecule has 17 heavy (non-hydrogen) atoms. The topological polar surface area (TPSA) is 118 Å². The minimum atomic E-state index is -1.10. The van der Waals surface area contributed by atoms with Gasteiger partial charge in [-0.05, 0) is 24.1 Å². The highest BCUT2D eigenvalue weighted by Crippen LogP contribution is 2.06. The number of amides is 2. The van der Waals surface area contributed by atoms with Crippen LogP contribution in [0.2, 0.25) is 0 Å². The lowest BCUT2D eigenvalue weighted by Gasteiger charge is -2.14. The van der Waals surface area contributed by atoms with Crippen LogP contribution in [0.25, 0.3) is 0 Å². The summed E-state index contributed by atoms with van der Waals surface area (Å²) in [6, 6.07) is 6.32. The molecule has 0 fully saturated rings. The molecule has 6 heteroatoms. The summed E-state index contributed by atoms with van der Waals surface area (Å²) in [5.41, 5.74) is 11.9. The molecule has 1 atom stereocenters. The van der Waals surface area contributed by atoms with E-state index < -0.39 is 12.0 Å². The van der Waals surface area contributed by atoms with Crippen LogP contribution in [0, 0.1) is 0 Å². The number of nitrogens with two attached hydrogens (primary N) is 2. The van der Waals surface area contributed by atoms with Crippen molar-refractivity contribution in [3.05, 3.63) is 35.4 Å². The van der Waals surface area contributed by atoms with Gasteiger partial charge in [-0.15, -0.1) is 0 Å². The number of benzene rings is 1. The van der Waals surface area contributed by atoms with Gasteiger partial charge >= 0.3 is 6.09 Å². The van der Waals surface area contributed by atoms with Crippen molar-refractivity contribution in [3.63, 3.8) is 0 Å². The Morgan fingerprint density at radius 3 is 2.29 bits per heavy atom. The normalized spacial score (nSPS) is 11.8. The molecule has 0 aromatic heterocycles. The van der Waals surface area contributed by atoms with E-state index in [-0.39, 0.29) is 12.6 Å². The molecule has 6 nitrogen and oxygen atoms in total. The van der Waals surface area contributed by atoms with Gasteiger partial charge in [-0.25, -0.2) is 4.79 Å². The van der Waals surface area contributed by atoms with E-state index in [0.29, 0.717) is 12.0 Å². The number of primary amides is 1. The standard InChI is InChI=1S/C11H15N3O3/c12-6-9(14-11(16)17)5-7-1-3-8(4-2-7)10(13)15/h1-4,9,14H,5-6,12H2,(H2,13,15)(H,16,17). The van der Waals surface area contributed by atoms with E-state index in [1.165, 1.54) is 0 Å². The van der Waals surface area contributed by atoms with Crippen LogP contribution in [0.15, 0.2) is 24.3 Å². The highest BCUT2D eigenvalue weighted by molar-refractivity contribution is 5.92. The van der Waals surface area contributed by atoms with Crippen LogP contribution in [0.5, 0.6) is 0 Å². The summed E-state index contributed by atoms with van der Waals surface area (Å²) in [4.78, 5) is 21.3. The predicted octanol–water partition coefficient (Wildman–Crippen LogP) is -0.0771. The van der Waals surface area contributed by atoms with E-state index >= 15 is 0 Å². The summed E-state index contributed by atoms with van der Waals surface area (Å²) in [6.07, 6.45) is -0.629. The number of hydrogen-bond donors (Lipinski definition) is 4. The van der Waals surface area contributed by atoms with Crippen molar-refractivity contribution in [2.75, 3.05) is 6.54 Å². The van der Waals surface area contributed by atoms with Crippen molar-refractivity contribution < 1.29 is 14.7 Å². The second-order valence-corrected chi connectivity index (χ2v) is 3.65. The average molecular weight is 237 g/mol. The van der Waals surface area contributed by atoms with Gasteiger partial charge in [0.2, 0.25) is 5.91 Å². The molecular weight excluding hydrogens is 222 g/mol. The average Bonchev–Trinajstić information content (AvgIpc) is 2.28. The van der Waals surface area contributed by atoms with E-state index in [4.69, 9.17) is 16.6 Å². The fraction of sp³-hybridized carbons (Fsp3) is 0.273. The Morgan fingerprint density at radius 2 is 1.88 bits per heavy atom. The maximum absolute atomic E-state index is 10.8. The molecule has 0 aliphatic heterocycles. The lowest BCUT2D eigenvalue weighted by Crippen LogP contribution is -2.40. The van der Waals surface area contributed by atoms with E-state index in [1.54, 1.807) is 24.3 Å². The fourth-order valence-electron chi connectivity index (χ4n) is 1.46. The number of hydrogen-bond acceptors (Lipinski definition) is 3. The Labute approximate surface area is 98.6 Å². The molecule has 0 spiro atoms. The lowest BCUT2D eigenvalue weighted by atomic mass is 10.0. The molecule has 0 radical (unpaired) electrons. The maximum Gasteiger partial charge on any atom is 0.404 e. The quantitative estimate of drug-likeness (QED) is 0.572. The molecule has 1 rings (SSSR count). The van der Waals surface area contributed by atoms with Crippen LogP contribution in [0.1, 0.15) is 15.9 Å². The van der Waals surface area contributed by atoms with E-state index in [2.05, 4.69) is 5.32 Å². The Kier molecular flexibility index (Phi) is 4.47. The zero-order chi connectivity index (χ0) is 12.8. The summed E-state index contributed by atoms with van der Waals surface area (Å²) in [5, 5.41) is 10.9. The first-order chi connectivity index (χ1) is 8.02. The second-order valence-electron chi connectivity index (χ2n) is 3.65. The van der Waals surface area contributed by atoms with Gasteiger partial charge < -0.3 is 21.9 Å². The summed E-state index contributed by atoms with van der Waals surface area (Å²) < 4.78 is 0. The summed E-state index contributed by atoms with van der Waals surface area (Å²) in [7, 11) is 0. The zero-order valence-electron chi connectivity index (χ0n) is 9.22. The molecule has 0 saturated carbocycles. The molecule has 2 amide bonds. The van der Waals surface area contributed by atoms with E-state index in [0.717, 1.165) is 5.56 Å². The van der Waals surface area contributed by atoms with Gasteiger partial charge in [-0.3, -0.25) is 4.79 Å². The van der Waals surface area contributed by atoms with Gasteiger partial charge in [0.25, 0.3) is 0 Å². The van der Waals surface area contributed by atoms with Gasteiger partial charge in [-0.1, -0.05) is 12.1 Å². The van der Waals surface area contributed by atoms with Gasteiger partial charge in [0.1, 0.15) is 0 Å². The maximum atomic E-state index is 10.8. The van der Waals surface area contributed by atoms with Crippen LogP contribution in [-0.2, 0) is 6.42 Å². The first-order valence-corrected chi connectivity index (χ1v) is 5.11. The fourth-order valence-corrected chi connectivity index (χ4v) is 1.46. The van der Waals surface area contributed by atoms with E-state index in [9.17, 15) is 9.59 Å². The third-order valence-corrected chi connectivity index (χ3v) is 2.33. The molecule has 6 N–H and O–H groups in total. The molecule has 0 heterocycles. The van der Waals surface area contributed by atoms with Crippen LogP contribution >= 0.6 is 0 Å². The molecule has 1 aromatic rings. The summed E-state index contributed by atoms with van der Waals surface area (Å²) in [5.74, 6) is -0.490. The Hall–Kier alpha value is -2.08. The largest absolute Gasteiger partial charge is 0.465 e. The number of rotatable bonds is 5. The van der Waals surface area contributed by atoms with Crippen molar-refractivity contribution in [2.24, 2.45) is 11.5 Å². The van der Waals surface area contributed by atoms with Crippen molar-refractivity contribution in [2.45, 2.75) is 12.5 Å². The molecule has 1 unspecified atom stereocenters. The smallest absolute Gasteiger partial charge is 0.404 e. The predicted molar refractivity (Wildman–Crippen MR) is 62.7 cm³/mol. The van der Waals surface area contributed by atoms with Crippen LogP contribution < -0.4 is 16.8 Å². The van der Waals surface area contributed by atoms with Gasteiger partial charge in [0.15, 0.2) is 0 Å². The molecular formula is C11H15N3O3. The number of carbonyl (C=O) groups is 2.